The fourth-order valence-electron chi connectivity index (χ4n) is 1.76. The Morgan fingerprint density at radius 3 is 3.06 bits per heavy atom. The Morgan fingerprint density at radius 1 is 1.56 bits per heavy atom. The minimum absolute atomic E-state index is 0.355. The van der Waals surface area contributed by atoms with Crippen LogP contribution in [0.1, 0.15) is 0 Å². The number of anilines is 2. The lowest BCUT2D eigenvalue weighted by atomic mass is 10.2. The Bertz CT molecular complexity index is 430. The highest BCUT2D eigenvalue weighted by atomic mass is 19.1. The topological polar surface area (TPSA) is 62.3 Å². The molecule has 1 heterocycles. The van der Waals surface area contributed by atoms with Gasteiger partial charge in [-0.25, -0.2) is 4.39 Å². The molecule has 0 amide bonds. The van der Waals surface area contributed by atoms with Gasteiger partial charge in [-0.3, -0.25) is 0 Å². The van der Waals surface area contributed by atoms with Crippen molar-refractivity contribution in [3.63, 3.8) is 0 Å². The van der Waals surface area contributed by atoms with Gasteiger partial charge in [-0.1, -0.05) is 0 Å². The third kappa shape index (κ3) is 2.07. The van der Waals surface area contributed by atoms with Gasteiger partial charge < -0.3 is 15.4 Å². The van der Waals surface area contributed by atoms with Gasteiger partial charge in [0.25, 0.3) is 0 Å². The van der Waals surface area contributed by atoms with E-state index in [1.54, 1.807) is 6.07 Å². The average Bonchev–Trinajstić information content (AvgIpc) is 2.29. The van der Waals surface area contributed by atoms with Crippen LogP contribution in [0.2, 0.25) is 0 Å². The summed E-state index contributed by atoms with van der Waals surface area (Å²) in [6.07, 6.45) is -0.446. The van der Waals surface area contributed by atoms with Crippen molar-refractivity contribution in [3.8, 4) is 6.07 Å². The predicted octanol–water partition coefficient (Wildman–Crippen LogP) is 1.14. The molecule has 0 bridgehead atoms. The van der Waals surface area contributed by atoms with Crippen LogP contribution in [0.4, 0.5) is 15.8 Å². The molecule has 1 aliphatic heterocycles. The number of hydrogen-bond acceptors (Lipinski definition) is 4. The van der Waals surface area contributed by atoms with E-state index < -0.39 is 6.10 Å². The highest BCUT2D eigenvalue weighted by Gasteiger charge is 2.21. The molecule has 0 saturated carbocycles. The van der Waals surface area contributed by atoms with Gasteiger partial charge in [-0.2, -0.15) is 5.26 Å². The Labute approximate surface area is 93.0 Å². The summed E-state index contributed by atoms with van der Waals surface area (Å²) in [7, 11) is 0. The van der Waals surface area contributed by atoms with Crippen LogP contribution in [0.3, 0.4) is 0 Å². The van der Waals surface area contributed by atoms with Crippen molar-refractivity contribution in [3.05, 3.63) is 24.0 Å². The van der Waals surface area contributed by atoms with E-state index >= 15 is 0 Å². The van der Waals surface area contributed by atoms with E-state index in [0.29, 0.717) is 25.4 Å². The van der Waals surface area contributed by atoms with Gasteiger partial charge in [0.1, 0.15) is 5.82 Å². The lowest BCUT2D eigenvalue weighted by Crippen LogP contribution is -2.42. The first kappa shape index (κ1) is 10.7. The second-order valence-electron chi connectivity index (χ2n) is 3.64. The minimum Gasteiger partial charge on any atom is -0.397 e. The molecule has 1 aliphatic rings. The standard InChI is InChI=1S/C11H12FN3O/c12-8-1-2-11(10(14)5-8)15-3-4-16-9(6-13)7-15/h1-2,5,9H,3-4,7,14H2. The van der Waals surface area contributed by atoms with Crippen LogP contribution in [-0.4, -0.2) is 25.8 Å². The van der Waals surface area contributed by atoms with Crippen molar-refractivity contribution < 1.29 is 9.13 Å². The van der Waals surface area contributed by atoms with Gasteiger partial charge in [0.05, 0.1) is 30.6 Å². The smallest absolute Gasteiger partial charge is 0.161 e. The van der Waals surface area contributed by atoms with Gasteiger partial charge in [-0.05, 0) is 18.2 Å². The number of morpholine rings is 1. The maximum atomic E-state index is 12.9. The van der Waals surface area contributed by atoms with E-state index in [9.17, 15) is 4.39 Å². The van der Waals surface area contributed by atoms with Crippen molar-refractivity contribution >= 4 is 11.4 Å². The summed E-state index contributed by atoms with van der Waals surface area (Å²) >= 11 is 0. The number of ether oxygens (including phenoxy) is 1. The first-order valence-electron chi connectivity index (χ1n) is 5.02. The number of nitrogens with two attached hydrogens (primary N) is 1. The minimum atomic E-state index is -0.446. The quantitative estimate of drug-likeness (QED) is 0.722. The summed E-state index contributed by atoms with van der Waals surface area (Å²) in [6.45, 7) is 1.61. The van der Waals surface area contributed by atoms with E-state index in [0.717, 1.165) is 5.69 Å². The highest BCUT2D eigenvalue weighted by molar-refractivity contribution is 5.67. The fourth-order valence-corrected chi connectivity index (χ4v) is 1.76. The SMILES string of the molecule is N#CC1CN(c2ccc(F)cc2N)CCO1. The van der Waals surface area contributed by atoms with Crippen molar-refractivity contribution in [2.75, 3.05) is 30.3 Å². The molecule has 1 aromatic carbocycles. The van der Waals surface area contributed by atoms with Crippen LogP contribution in [0.5, 0.6) is 0 Å². The van der Waals surface area contributed by atoms with Crippen molar-refractivity contribution in [2.45, 2.75) is 6.10 Å². The van der Waals surface area contributed by atoms with E-state index in [2.05, 4.69) is 6.07 Å². The summed E-state index contributed by atoms with van der Waals surface area (Å²) in [5.41, 5.74) is 6.88. The molecule has 1 atom stereocenters. The monoisotopic (exact) mass is 221 g/mol. The molecule has 1 aromatic rings. The zero-order valence-electron chi connectivity index (χ0n) is 8.69. The summed E-state index contributed by atoms with van der Waals surface area (Å²) in [5, 5.41) is 8.78. The van der Waals surface area contributed by atoms with Gasteiger partial charge in [0, 0.05) is 6.54 Å². The summed E-state index contributed by atoms with van der Waals surface area (Å²) < 4.78 is 18.1. The van der Waals surface area contributed by atoms with Crippen LogP contribution in [0.15, 0.2) is 18.2 Å². The van der Waals surface area contributed by atoms with E-state index in [1.807, 2.05) is 4.90 Å². The molecule has 0 aromatic heterocycles. The van der Waals surface area contributed by atoms with E-state index in [1.165, 1.54) is 12.1 Å². The maximum Gasteiger partial charge on any atom is 0.161 e. The Balaban J connectivity index is 2.20. The van der Waals surface area contributed by atoms with Gasteiger partial charge in [0.2, 0.25) is 0 Å². The second-order valence-corrected chi connectivity index (χ2v) is 3.64. The Morgan fingerprint density at radius 2 is 2.38 bits per heavy atom. The average molecular weight is 221 g/mol. The second kappa shape index (κ2) is 4.37. The third-order valence-electron chi connectivity index (χ3n) is 2.54. The fraction of sp³-hybridized carbons (Fsp3) is 0.364. The number of nitrogens with zero attached hydrogens (tertiary/aromatic N) is 2. The lowest BCUT2D eigenvalue weighted by Gasteiger charge is -2.32. The molecule has 84 valence electrons. The normalized spacial score (nSPS) is 20.5. The highest BCUT2D eigenvalue weighted by Crippen LogP contribution is 2.25. The molecular weight excluding hydrogens is 209 g/mol. The molecule has 16 heavy (non-hydrogen) atoms. The molecule has 2 N–H and O–H groups in total. The zero-order chi connectivity index (χ0) is 11.5. The molecular formula is C11H12FN3O. The van der Waals surface area contributed by atoms with E-state index in [4.69, 9.17) is 15.7 Å². The first-order chi connectivity index (χ1) is 7.70. The summed E-state index contributed by atoms with van der Waals surface area (Å²) in [6, 6.07) is 6.33. The number of hydrogen-bond donors (Lipinski definition) is 1. The number of nitrogen functional groups attached to an aromatic ring is 1. The molecule has 5 heteroatoms. The molecule has 4 nitrogen and oxygen atoms in total. The molecule has 2 rings (SSSR count). The zero-order valence-corrected chi connectivity index (χ0v) is 8.69. The number of nitriles is 1. The molecule has 1 fully saturated rings. The van der Waals surface area contributed by atoms with Crippen LogP contribution in [-0.2, 0) is 4.74 Å². The largest absolute Gasteiger partial charge is 0.397 e. The number of halogens is 1. The van der Waals surface area contributed by atoms with Crippen molar-refractivity contribution in [2.24, 2.45) is 0 Å². The Hall–Kier alpha value is -1.80. The van der Waals surface area contributed by atoms with Crippen LogP contribution >= 0.6 is 0 Å². The molecule has 1 unspecified atom stereocenters. The molecule has 0 aliphatic carbocycles. The molecule has 0 spiro atoms. The number of benzene rings is 1. The predicted molar refractivity (Wildman–Crippen MR) is 58.4 cm³/mol. The van der Waals surface area contributed by atoms with Crippen LogP contribution < -0.4 is 10.6 Å². The molecule has 0 radical (unpaired) electrons. The lowest BCUT2D eigenvalue weighted by molar-refractivity contribution is 0.0765. The van der Waals surface area contributed by atoms with Crippen LogP contribution in [0.25, 0.3) is 0 Å². The molecule has 1 saturated heterocycles. The summed E-state index contributed by atoms with van der Waals surface area (Å²) in [5.74, 6) is -0.355. The number of rotatable bonds is 1. The van der Waals surface area contributed by atoms with Crippen molar-refractivity contribution in [1.29, 1.82) is 5.26 Å². The van der Waals surface area contributed by atoms with Gasteiger partial charge >= 0.3 is 0 Å². The first-order valence-corrected chi connectivity index (χ1v) is 5.02. The third-order valence-corrected chi connectivity index (χ3v) is 2.54. The van der Waals surface area contributed by atoms with Crippen LogP contribution in [0, 0.1) is 17.1 Å². The van der Waals surface area contributed by atoms with Crippen molar-refractivity contribution in [1.82, 2.24) is 0 Å². The Kier molecular flexibility index (Phi) is 2.93. The maximum absolute atomic E-state index is 12.9. The van der Waals surface area contributed by atoms with Gasteiger partial charge in [-0.15, -0.1) is 0 Å². The van der Waals surface area contributed by atoms with Gasteiger partial charge in [0.15, 0.2) is 6.10 Å². The van der Waals surface area contributed by atoms with E-state index in [-0.39, 0.29) is 5.82 Å². The summed E-state index contributed by atoms with van der Waals surface area (Å²) in [4.78, 5) is 1.94.